The first kappa shape index (κ1) is 17.6. The van der Waals surface area contributed by atoms with Crippen molar-refractivity contribution in [3.8, 4) is 5.75 Å². The fourth-order valence-electron chi connectivity index (χ4n) is 4.44. The minimum Gasteiger partial charge on any atom is -0.432 e. The number of halogens is 4. The van der Waals surface area contributed by atoms with Crippen LogP contribution in [0.25, 0.3) is 0 Å². The minimum absolute atomic E-state index is 0.272. The smallest absolute Gasteiger partial charge is 0.387 e. The molecule has 0 aliphatic heterocycles. The van der Waals surface area contributed by atoms with Gasteiger partial charge in [0.25, 0.3) is 0 Å². The van der Waals surface area contributed by atoms with Gasteiger partial charge in [-0.25, -0.2) is 8.78 Å². The first-order chi connectivity index (χ1) is 11.5. The van der Waals surface area contributed by atoms with Gasteiger partial charge in [0.1, 0.15) is 6.17 Å². The molecule has 2 fully saturated rings. The maximum absolute atomic E-state index is 13.9. The highest BCUT2D eigenvalue weighted by atomic mass is 19.3. The highest BCUT2D eigenvalue weighted by molar-refractivity contribution is 5.31. The molecule has 0 spiro atoms. The van der Waals surface area contributed by atoms with Gasteiger partial charge in [-0.2, -0.15) is 8.78 Å². The number of hydrogen-bond acceptors (Lipinski definition) is 1. The number of alkyl halides is 3. The Morgan fingerprint density at radius 1 is 0.875 bits per heavy atom. The highest BCUT2D eigenvalue weighted by Crippen LogP contribution is 2.43. The van der Waals surface area contributed by atoms with Crippen LogP contribution in [-0.4, -0.2) is 12.8 Å². The van der Waals surface area contributed by atoms with E-state index in [2.05, 4.69) is 4.74 Å². The molecule has 134 valence electrons. The molecule has 0 atom stereocenters. The first-order valence-corrected chi connectivity index (χ1v) is 8.91. The molecule has 0 radical (unpaired) electrons. The van der Waals surface area contributed by atoms with E-state index in [-0.39, 0.29) is 5.92 Å². The molecule has 0 N–H and O–H groups in total. The lowest BCUT2D eigenvalue weighted by atomic mass is 9.69. The molecule has 0 saturated heterocycles. The number of rotatable bonds is 4. The molecule has 24 heavy (non-hydrogen) atoms. The third-order valence-electron chi connectivity index (χ3n) is 5.78. The Bertz CT molecular complexity index is 532. The number of hydrogen-bond donors (Lipinski definition) is 0. The van der Waals surface area contributed by atoms with E-state index in [1.165, 1.54) is 12.1 Å². The maximum Gasteiger partial charge on any atom is 0.387 e. The molecule has 0 bridgehead atoms. The monoisotopic (exact) mass is 344 g/mol. The van der Waals surface area contributed by atoms with Crippen LogP contribution in [0.4, 0.5) is 17.6 Å². The van der Waals surface area contributed by atoms with E-state index in [0.717, 1.165) is 44.1 Å². The zero-order valence-electron chi connectivity index (χ0n) is 13.7. The molecule has 2 aliphatic carbocycles. The molecule has 5 heteroatoms. The van der Waals surface area contributed by atoms with Crippen LogP contribution in [0, 0.1) is 17.7 Å². The molecular weight excluding hydrogens is 320 g/mol. The molecule has 3 rings (SSSR count). The topological polar surface area (TPSA) is 9.23 Å². The van der Waals surface area contributed by atoms with Crippen LogP contribution in [-0.2, 0) is 0 Å². The molecule has 2 aliphatic rings. The average Bonchev–Trinajstić information content (AvgIpc) is 2.57. The van der Waals surface area contributed by atoms with Crippen molar-refractivity contribution in [1.82, 2.24) is 0 Å². The Morgan fingerprint density at radius 3 is 2.00 bits per heavy atom. The number of benzene rings is 1. The second-order valence-electron chi connectivity index (χ2n) is 7.19. The molecule has 1 aromatic carbocycles. The quantitative estimate of drug-likeness (QED) is 0.588. The van der Waals surface area contributed by atoms with Gasteiger partial charge in [-0.15, -0.1) is 0 Å². The molecule has 0 amide bonds. The Balaban J connectivity index is 1.55. The lowest BCUT2D eigenvalue weighted by molar-refractivity contribution is -0.0522. The van der Waals surface area contributed by atoms with E-state index in [1.54, 1.807) is 6.07 Å². The predicted molar refractivity (Wildman–Crippen MR) is 84.6 cm³/mol. The summed E-state index contributed by atoms with van der Waals surface area (Å²) >= 11 is 0. The summed E-state index contributed by atoms with van der Waals surface area (Å²) in [7, 11) is 0. The van der Waals surface area contributed by atoms with Gasteiger partial charge in [-0.3, -0.25) is 0 Å². The third-order valence-corrected chi connectivity index (χ3v) is 5.78. The summed E-state index contributed by atoms with van der Waals surface area (Å²) in [6.45, 7) is -3.01. The summed E-state index contributed by atoms with van der Waals surface area (Å²) in [5.74, 6) is 0.437. The molecule has 0 unspecified atom stereocenters. The van der Waals surface area contributed by atoms with Gasteiger partial charge in [0, 0.05) is 0 Å². The number of ether oxygens (including phenoxy) is 1. The summed E-state index contributed by atoms with van der Waals surface area (Å²) in [4.78, 5) is 0. The van der Waals surface area contributed by atoms with Crippen LogP contribution in [0.5, 0.6) is 5.75 Å². The normalized spacial score (nSPS) is 31.2. The van der Waals surface area contributed by atoms with Crippen LogP contribution >= 0.6 is 0 Å². The van der Waals surface area contributed by atoms with Crippen molar-refractivity contribution in [1.29, 1.82) is 0 Å². The van der Waals surface area contributed by atoms with Crippen molar-refractivity contribution < 1.29 is 22.3 Å². The molecule has 0 heterocycles. The largest absolute Gasteiger partial charge is 0.432 e. The van der Waals surface area contributed by atoms with E-state index in [0.29, 0.717) is 24.7 Å². The van der Waals surface area contributed by atoms with Crippen molar-refractivity contribution in [3.05, 3.63) is 29.6 Å². The van der Waals surface area contributed by atoms with Crippen LogP contribution in [0.15, 0.2) is 18.2 Å². The fraction of sp³-hybridized carbons (Fsp3) is 0.684. The van der Waals surface area contributed by atoms with Gasteiger partial charge >= 0.3 is 6.61 Å². The lowest BCUT2D eigenvalue weighted by Gasteiger charge is -2.36. The zero-order valence-corrected chi connectivity index (χ0v) is 13.7. The van der Waals surface area contributed by atoms with Gasteiger partial charge in [-0.1, -0.05) is 6.07 Å². The second-order valence-corrected chi connectivity index (χ2v) is 7.19. The fourth-order valence-corrected chi connectivity index (χ4v) is 4.44. The van der Waals surface area contributed by atoms with E-state index in [9.17, 15) is 17.6 Å². The maximum atomic E-state index is 13.9. The average molecular weight is 344 g/mol. The minimum atomic E-state index is -3.01. The Kier molecular flexibility index (Phi) is 5.67. The van der Waals surface area contributed by atoms with Crippen molar-refractivity contribution in [2.75, 3.05) is 0 Å². The van der Waals surface area contributed by atoms with Crippen molar-refractivity contribution in [3.63, 3.8) is 0 Å². The summed E-state index contributed by atoms with van der Waals surface area (Å²) < 4.78 is 55.7. The molecule has 1 nitrogen and oxygen atoms in total. The van der Waals surface area contributed by atoms with E-state index in [4.69, 9.17) is 0 Å². The van der Waals surface area contributed by atoms with Gasteiger partial charge in [0.15, 0.2) is 11.6 Å². The van der Waals surface area contributed by atoms with Gasteiger partial charge in [0.2, 0.25) is 0 Å². The summed E-state index contributed by atoms with van der Waals surface area (Å²) in [6.07, 6.45) is 6.89. The van der Waals surface area contributed by atoms with E-state index < -0.39 is 24.3 Å². The third kappa shape index (κ3) is 4.22. The zero-order chi connectivity index (χ0) is 17.1. The molecule has 2 saturated carbocycles. The van der Waals surface area contributed by atoms with Crippen LogP contribution in [0.2, 0.25) is 0 Å². The van der Waals surface area contributed by atoms with Gasteiger partial charge < -0.3 is 4.74 Å². The van der Waals surface area contributed by atoms with Crippen molar-refractivity contribution >= 4 is 0 Å². The Morgan fingerprint density at radius 2 is 1.46 bits per heavy atom. The molecule has 0 aromatic heterocycles. The summed E-state index contributed by atoms with van der Waals surface area (Å²) in [5, 5.41) is 0. The van der Waals surface area contributed by atoms with Crippen molar-refractivity contribution in [2.45, 2.75) is 70.1 Å². The van der Waals surface area contributed by atoms with Crippen LogP contribution in [0.3, 0.4) is 0 Å². The Labute approximate surface area is 140 Å². The van der Waals surface area contributed by atoms with Gasteiger partial charge in [0.05, 0.1) is 0 Å². The lowest BCUT2D eigenvalue weighted by Crippen LogP contribution is -2.25. The van der Waals surface area contributed by atoms with Gasteiger partial charge in [-0.05, 0) is 86.8 Å². The standard InChI is InChI=1S/C19H24F4O/c20-16-8-5-13(6-9-16)12-1-3-14(4-2-12)15-7-10-18(17(21)11-15)24-19(22)23/h7,10-14,16,19H,1-6,8-9H2. The molecular formula is C19H24F4O. The summed E-state index contributed by atoms with van der Waals surface area (Å²) in [5.41, 5.74) is 0.861. The first-order valence-electron chi connectivity index (χ1n) is 8.91. The predicted octanol–water partition coefficient (Wildman–Crippen LogP) is 6.23. The molecule has 1 aromatic rings. The highest BCUT2D eigenvalue weighted by Gasteiger charge is 2.31. The van der Waals surface area contributed by atoms with Crippen LogP contribution < -0.4 is 4.74 Å². The van der Waals surface area contributed by atoms with Crippen molar-refractivity contribution in [2.24, 2.45) is 11.8 Å². The van der Waals surface area contributed by atoms with E-state index >= 15 is 0 Å². The van der Waals surface area contributed by atoms with E-state index in [1.807, 2.05) is 0 Å². The summed E-state index contributed by atoms with van der Waals surface area (Å²) in [6, 6.07) is 4.32. The SMILES string of the molecule is Fc1cc(C2CCC(C3CCC(F)CC3)CC2)ccc1OC(F)F. The van der Waals surface area contributed by atoms with Crippen LogP contribution in [0.1, 0.15) is 62.8 Å². The Hall–Kier alpha value is -1.26. The second kappa shape index (κ2) is 7.75.